The first-order valence-corrected chi connectivity index (χ1v) is 8.25. The van der Waals surface area contributed by atoms with Gasteiger partial charge >= 0.3 is 0 Å². The molecule has 2 saturated heterocycles. The molecule has 0 aromatic carbocycles. The quantitative estimate of drug-likeness (QED) is 0.864. The molecular formula is C16H22N6O. The summed E-state index contributed by atoms with van der Waals surface area (Å²) in [6.45, 7) is 7.86. The summed E-state index contributed by atoms with van der Waals surface area (Å²) < 4.78 is 5.99. The van der Waals surface area contributed by atoms with Gasteiger partial charge in [0.05, 0.1) is 18.4 Å². The maximum absolute atomic E-state index is 5.99. The number of morpholine rings is 1. The van der Waals surface area contributed by atoms with Crippen LogP contribution < -0.4 is 10.2 Å². The smallest absolute Gasteiger partial charge is 0.180 e. The molecule has 7 heteroatoms. The zero-order chi connectivity index (χ0) is 15.5. The Labute approximate surface area is 135 Å². The second-order valence-electron chi connectivity index (χ2n) is 6.05. The number of anilines is 1. The first kappa shape index (κ1) is 14.7. The van der Waals surface area contributed by atoms with Gasteiger partial charge < -0.3 is 15.0 Å². The van der Waals surface area contributed by atoms with Gasteiger partial charge in [0.25, 0.3) is 0 Å². The Morgan fingerprint density at radius 1 is 1.09 bits per heavy atom. The Bertz CT molecular complexity index is 655. The van der Waals surface area contributed by atoms with Gasteiger partial charge in [0.15, 0.2) is 5.65 Å². The van der Waals surface area contributed by atoms with Crippen molar-refractivity contribution >= 4 is 16.9 Å². The van der Waals surface area contributed by atoms with Gasteiger partial charge in [-0.05, 0) is 6.07 Å². The van der Waals surface area contributed by atoms with Crippen molar-refractivity contribution in [1.29, 1.82) is 0 Å². The molecule has 0 amide bonds. The standard InChI is InChI=1S/C16H22N6O/c1-2-19-16-15(18-3-4-20-16)14(1)22-9-10-23-13(12-22)11-21-7-5-17-6-8-21/h1-4,13,17H,5-12H2. The summed E-state index contributed by atoms with van der Waals surface area (Å²) >= 11 is 0. The van der Waals surface area contributed by atoms with E-state index in [1.807, 2.05) is 12.3 Å². The maximum atomic E-state index is 5.99. The molecule has 2 aromatic heterocycles. The van der Waals surface area contributed by atoms with Gasteiger partial charge in [0.1, 0.15) is 5.52 Å². The van der Waals surface area contributed by atoms with E-state index < -0.39 is 0 Å². The number of pyridine rings is 1. The van der Waals surface area contributed by atoms with Crippen LogP contribution in [0.4, 0.5) is 5.69 Å². The fourth-order valence-electron chi connectivity index (χ4n) is 3.35. The van der Waals surface area contributed by atoms with Crippen LogP contribution in [0.2, 0.25) is 0 Å². The molecule has 2 aromatic rings. The number of hydrogen-bond acceptors (Lipinski definition) is 7. The van der Waals surface area contributed by atoms with Crippen molar-refractivity contribution in [2.45, 2.75) is 6.10 Å². The molecule has 0 radical (unpaired) electrons. The van der Waals surface area contributed by atoms with Crippen molar-refractivity contribution < 1.29 is 4.74 Å². The molecule has 4 rings (SSSR count). The van der Waals surface area contributed by atoms with Crippen LogP contribution in [0.3, 0.4) is 0 Å². The van der Waals surface area contributed by atoms with Gasteiger partial charge in [0.2, 0.25) is 0 Å². The topological polar surface area (TPSA) is 66.4 Å². The van der Waals surface area contributed by atoms with Crippen molar-refractivity contribution in [2.24, 2.45) is 0 Å². The minimum atomic E-state index is 0.238. The Kier molecular flexibility index (Phi) is 4.32. The molecule has 23 heavy (non-hydrogen) atoms. The lowest BCUT2D eigenvalue weighted by atomic mass is 10.2. The lowest BCUT2D eigenvalue weighted by Crippen LogP contribution is -2.51. The second kappa shape index (κ2) is 6.74. The van der Waals surface area contributed by atoms with Crippen LogP contribution in [0.25, 0.3) is 11.2 Å². The molecule has 0 aliphatic carbocycles. The minimum Gasteiger partial charge on any atom is -0.373 e. The highest BCUT2D eigenvalue weighted by molar-refractivity contribution is 5.85. The van der Waals surface area contributed by atoms with Gasteiger partial charge in [-0.1, -0.05) is 0 Å². The van der Waals surface area contributed by atoms with Gasteiger partial charge in [0, 0.05) is 64.4 Å². The third-order valence-electron chi connectivity index (χ3n) is 4.50. The Morgan fingerprint density at radius 2 is 1.91 bits per heavy atom. The Balaban J connectivity index is 1.50. The van der Waals surface area contributed by atoms with Crippen LogP contribution >= 0.6 is 0 Å². The first-order chi connectivity index (χ1) is 11.4. The molecule has 2 aliphatic heterocycles. The summed E-state index contributed by atoms with van der Waals surface area (Å²) in [6, 6.07) is 2.03. The van der Waals surface area contributed by atoms with Crippen molar-refractivity contribution in [3.8, 4) is 0 Å². The number of ether oxygens (including phenoxy) is 1. The average Bonchev–Trinajstić information content (AvgIpc) is 2.62. The van der Waals surface area contributed by atoms with E-state index >= 15 is 0 Å². The van der Waals surface area contributed by atoms with E-state index in [0.29, 0.717) is 5.65 Å². The summed E-state index contributed by atoms with van der Waals surface area (Å²) in [5.41, 5.74) is 2.68. The normalized spacial score (nSPS) is 23.3. The zero-order valence-electron chi connectivity index (χ0n) is 13.2. The molecule has 1 N–H and O–H groups in total. The van der Waals surface area contributed by atoms with Crippen molar-refractivity contribution in [3.63, 3.8) is 0 Å². The lowest BCUT2D eigenvalue weighted by molar-refractivity contribution is 0.0136. The molecule has 4 heterocycles. The Hall–Kier alpha value is -1.83. The predicted molar refractivity (Wildman–Crippen MR) is 88.6 cm³/mol. The van der Waals surface area contributed by atoms with Crippen molar-refractivity contribution in [1.82, 2.24) is 25.2 Å². The van der Waals surface area contributed by atoms with Crippen molar-refractivity contribution in [2.75, 3.05) is 57.3 Å². The van der Waals surface area contributed by atoms with E-state index in [1.54, 1.807) is 12.4 Å². The monoisotopic (exact) mass is 314 g/mol. The molecule has 1 atom stereocenters. The van der Waals surface area contributed by atoms with Gasteiger partial charge in [-0.25, -0.2) is 15.0 Å². The number of nitrogens with zero attached hydrogens (tertiary/aromatic N) is 5. The van der Waals surface area contributed by atoms with Crippen LogP contribution in [0.15, 0.2) is 24.7 Å². The van der Waals surface area contributed by atoms with Gasteiger partial charge in [-0.15, -0.1) is 0 Å². The minimum absolute atomic E-state index is 0.238. The van der Waals surface area contributed by atoms with Gasteiger partial charge in [-0.2, -0.15) is 0 Å². The molecule has 7 nitrogen and oxygen atoms in total. The number of nitrogens with one attached hydrogen (secondary N) is 1. The lowest BCUT2D eigenvalue weighted by Gasteiger charge is -2.38. The third-order valence-corrected chi connectivity index (χ3v) is 4.50. The first-order valence-electron chi connectivity index (χ1n) is 8.25. The Morgan fingerprint density at radius 3 is 2.83 bits per heavy atom. The highest BCUT2D eigenvalue weighted by Gasteiger charge is 2.25. The van der Waals surface area contributed by atoms with E-state index in [-0.39, 0.29) is 6.10 Å². The summed E-state index contributed by atoms with van der Waals surface area (Å²) in [5, 5.41) is 3.39. The summed E-state index contributed by atoms with van der Waals surface area (Å²) in [6.07, 6.45) is 5.46. The molecule has 0 saturated carbocycles. The number of aromatic nitrogens is 3. The van der Waals surface area contributed by atoms with E-state index in [9.17, 15) is 0 Å². The molecular weight excluding hydrogens is 292 g/mol. The van der Waals surface area contributed by atoms with Crippen LogP contribution in [-0.2, 0) is 4.74 Å². The largest absolute Gasteiger partial charge is 0.373 e. The van der Waals surface area contributed by atoms with E-state index in [2.05, 4.69) is 30.1 Å². The fraction of sp³-hybridized carbons (Fsp3) is 0.562. The van der Waals surface area contributed by atoms with Crippen LogP contribution in [-0.4, -0.2) is 78.4 Å². The predicted octanol–water partition coefficient (Wildman–Crippen LogP) is 0.135. The second-order valence-corrected chi connectivity index (χ2v) is 6.05. The van der Waals surface area contributed by atoms with Crippen LogP contribution in [0.1, 0.15) is 0 Å². The molecule has 1 unspecified atom stereocenters. The highest BCUT2D eigenvalue weighted by Crippen LogP contribution is 2.24. The average molecular weight is 314 g/mol. The fourth-order valence-corrected chi connectivity index (χ4v) is 3.35. The SMILES string of the molecule is c1cnc2c(N3CCOC(CN4CCNCC4)C3)ccnc2n1. The number of piperazine rings is 1. The number of fused-ring (bicyclic) bond motifs is 1. The van der Waals surface area contributed by atoms with E-state index in [4.69, 9.17) is 4.74 Å². The van der Waals surface area contributed by atoms with E-state index in [1.165, 1.54) is 0 Å². The highest BCUT2D eigenvalue weighted by atomic mass is 16.5. The summed E-state index contributed by atoms with van der Waals surface area (Å²) in [5.74, 6) is 0. The van der Waals surface area contributed by atoms with Crippen LogP contribution in [0.5, 0.6) is 0 Å². The molecule has 2 fully saturated rings. The molecule has 122 valence electrons. The van der Waals surface area contributed by atoms with Crippen LogP contribution in [0, 0.1) is 0 Å². The molecule has 2 aliphatic rings. The summed E-state index contributed by atoms with van der Waals surface area (Å²) in [4.78, 5) is 17.9. The van der Waals surface area contributed by atoms with Crippen molar-refractivity contribution in [3.05, 3.63) is 24.7 Å². The van der Waals surface area contributed by atoms with Gasteiger partial charge in [-0.3, -0.25) is 4.90 Å². The molecule has 0 spiro atoms. The molecule has 0 bridgehead atoms. The maximum Gasteiger partial charge on any atom is 0.180 e. The zero-order valence-corrected chi connectivity index (χ0v) is 13.2. The number of hydrogen-bond donors (Lipinski definition) is 1. The summed E-state index contributed by atoms with van der Waals surface area (Å²) in [7, 11) is 0. The number of rotatable bonds is 3. The third kappa shape index (κ3) is 3.26. The van der Waals surface area contributed by atoms with E-state index in [0.717, 1.165) is 63.6 Å².